The molecule has 8 heteroatoms. The smallest absolute Gasteiger partial charge is 0.274 e. The Balaban J connectivity index is 1.28. The minimum absolute atomic E-state index is 0.0501. The number of carbonyl (C=O) groups is 3. The molecule has 192 valence electrons. The second-order valence-corrected chi connectivity index (χ2v) is 10.1. The first kappa shape index (κ1) is 24.7. The van der Waals surface area contributed by atoms with Gasteiger partial charge in [0.1, 0.15) is 0 Å². The van der Waals surface area contributed by atoms with E-state index in [0.29, 0.717) is 44.7 Å². The zero-order valence-corrected chi connectivity index (χ0v) is 21.4. The van der Waals surface area contributed by atoms with Crippen molar-refractivity contribution >= 4 is 23.4 Å². The molecule has 0 bridgehead atoms. The third-order valence-electron chi connectivity index (χ3n) is 7.36. The van der Waals surface area contributed by atoms with Gasteiger partial charge in [0.15, 0.2) is 5.69 Å². The van der Waals surface area contributed by atoms with Crippen LogP contribution in [0.2, 0.25) is 0 Å². The summed E-state index contributed by atoms with van der Waals surface area (Å²) in [6, 6.07) is 17.4. The van der Waals surface area contributed by atoms with Crippen molar-refractivity contribution in [3.63, 3.8) is 0 Å². The first-order valence-electron chi connectivity index (χ1n) is 12.9. The molecule has 3 aromatic rings. The number of carbonyl (C=O) groups excluding carboxylic acids is 3. The Morgan fingerprint density at radius 2 is 1.84 bits per heavy atom. The fraction of sp³-hybridized carbons (Fsp3) is 0.379. The Hall–Kier alpha value is -3.94. The predicted molar refractivity (Wildman–Crippen MR) is 141 cm³/mol. The number of aryl methyl sites for hydroxylation is 2. The fourth-order valence-corrected chi connectivity index (χ4v) is 5.38. The standard InChI is InChI=1S/C29H33N5O3/c1-20-8-6-9-21(16-20)17-26(35)33-15-13-25-24(19-33)27(31-32(25)2)29(37)34-14-7-10-22(18-34)28(36)30-23-11-4-3-5-12-23/h3-6,8-9,11-12,16,22H,7,10,13-15,17-19H2,1-2H3,(H,30,36)/t22-/m1/s1. The van der Waals surface area contributed by atoms with Crippen LogP contribution in [0, 0.1) is 12.8 Å². The lowest BCUT2D eigenvalue weighted by atomic mass is 9.96. The van der Waals surface area contributed by atoms with Gasteiger partial charge in [0.2, 0.25) is 11.8 Å². The maximum Gasteiger partial charge on any atom is 0.274 e. The van der Waals surface area contributed by atoms with Crippen LogP contribution in [0.4, 0.5) is 5.69 Å². The van der Waals surface area contributed by atoms with E-state index in [-0.39, 0.29) is 23.6 Å². The van der Waals surface area contributed by atoms with Crippen molar-refractivity contribution in [3.05, 3.63) is 82.7 Å². The van der Waals surface area contributed by atoms with Gasteiger partial charge in [0.05, 0.1) is 12.3 Å². The van der Waals surface area contributed by atoms with Gasteiger partial charge >= 0.3 is 0 Å². The number of rotatable bonds is 5. The molecule has 1 N–H and O–H groups in total. The van der Waals surface area contributed by atoms with Crippen LogP contribution in [0.1, 0.15) is 45.7 Å². The Morgan fingerprint density at radius 1 is 1.03 bits per heavy atom. The maximum absolute atomic E-state index is 13.6. The minimum atomic E-state index is -0.273. The average molecular weight is 500 g/mol. The lowest BCUT2D eigenvalue weighted by molar-refractivity contribution is -0.131. The second-order valence-electron chi connectivity index (χ2n) is 10.1. The van der Waals surface area contributed by atoms with E-state index >= 15 is 0 Å². The molecule has 2 aromatic carbocycles. The van der Waals surface area contributed by atoms with Crippen LogP contribution in [0.5, 0.6) is 0 Å². The lowest BCUT2D eigenvalue weighted by Crippen LogP contribution is -2.44. The summed E-state index contributed by atoms with van der Waals surface area (Å²) in [5.41, 5.74) is 5.10. The topological polar surface area (TPSA) is 87.5 Å². The highest BCUT2D eigenvalue weighted by Gasteiger charge is 2.34. The van der Waals surface area contributed by atoms with Crippen LogP contribution in [0.15, 0.2) is 54.6 Å². The van der Waals surface area contributed by atoms with E-state index in [1.54, 1.807) is 9.58 Å². The normalized spacial score (nSPS) is 17.3. The zero-order valence-electron chi connectivity index (χ0n) is 21.4. The number of aromatic nitrogens is 2. The van der Waals surface area contributed by atoms with Gasteiger partial charge in [-0.05, 0) is 37.5 Å². The van der Waals surface area contributed by atoms with Crippen LogP contribution in [0.3, 0.4) is 0 Å². The molecule has 1 fully saturated rings. The minimum Gasteiger partial charge on any atom is -0.338 e. The number of hydrogen-bond acceptors (Lipinski definition) is 4. The van der Waals surface area contributed by atoms with Gasteiger partial charge in [-0.25, -0.2) is 0 Å². The van der Waals surface area contributed by atoms with Gasteiger partial charge in [0.25, 0.3) is 5.91 Å². The Morgan fingerprint density at radius 3 is 2.62 bits per heavy atom. The first-order valence-corrected chi connectivity index (χ1v) is 12.9. The van der Waals surface area contributed by atoms with Crippen molar-refractivity contribution in [1.82, 2.24) is 19.6 Å². The van der Waals surface area contributed by atoms with Gasteiger partial charge in [-0.15, -0.1) is 0 Å². The molecule has 1 saturated heterocycles. The molecule has 5 rings (SSSR count). The number of nitrogens with zero attached hydrogens (tertiary/aromatic N) is 4. The van der Waals surface area contributed by atoms with E-state index in [1.165, 1.54) is 0 Å². The number of benzene rings is 2. The number of para-hydroxylation sites is 1. The molecule has 1 aromatic heterocycles. The number of likely N-dealkylation sites (tertiary alicyclic amines) is 1. The molecular formula is C29H33N5O3. The van der Waals surface area contributed by atoms with Crippen molar-refractivity contribution < 1.29 is 14.4 Å². The summed E-state index contributed by atoms with van der Waals surface area (Å²) >= 11 is 0. The van der Waals surface area contributed by atoms with Gasteiger partial charge in [0, 0.05) is 56.6 Å². The Labute approximate surface area is 217 Å². The molecule has 0 saturated carbocycles. The SMILES string of the molecule is Cc1cccc(CC(=O)N2CCc3c(c(C(=O)N4CCC[C@@H](C(=O)Nc5ccccc5)C4)nn3C)C2)c1. The van der Waals surface area contributed by atoms with Crippen LogP contribution < -0.4 is 5.32 Å². The highest BCUT2D eigenvalue weighted by molar-refractivity contribution is 5.96. The molecule has 0 aliphatic carbocycles. The summed E-state index contributed by atoms with van der Waals surface area (Å²) in [6.45, 7) is 3.95. The van der Waals surface area contributed by atoms with E-state index in [0.717, 1.165) is 40.9 Å². The first-order chi connectivity index (χ1) is 17.9. The summed E-state index contributed by atoms with van der Waals surface area (Å²) in [5.74, 6) is -0.458. The summed E-state index contributed by atoms with van der Waals surface area (Å²) in [4.78, 5) is 43.2. The van der Waals surface area contributed by atoms with Crippen LogP contribution in [0.25, 0.3) is 0 Å². The van der Waals surface area contributed by atoms with E-state index < -0.39 is 0 Å². The molecule has 37 heavy (non-hydrogen) atoms. The second kappa shape index (κ2) is 10.6. The number of nitrogens with one attached hydrogen (secondary N) is 1. The average Bonchev–Trinajstić information content (AvgIpc) is 3.24. The quantitative estimate of drug-likeness (QED) is 0.583. The molecule has 2 aliphatic rings. The van der Waals surface area contributed by atoms with Crippen molar-refractivity contribution in [2.24, 2.45) is 13.0 Å². The van der Waals surface area contributed by atoms with Crippen LogP contribution in [-0.2, 0) is 36.0 Å². The molecule has 3 heterocycles. The maximum atomic E-state index is 13.6. The predicted octanol–water partition coefficient (Wildman–Crippen LogP) is 3.35. The lowest BCUT2D eigenvalue weighted by Gasteiger charge is -2.32. The molecular weight excluding hydrogens is 466 g/mol. The molecule has 0 radical (unpaired) electrons. The number of anilines is 1. The fourth-order valence-electron chi connectivity index (χ4n) is 5.38. The summed E-state index contributed by atoms with van der Waals surface area (Å²) in [7, 11) is 1.85. The number of fused-ring (bicyclic) bond motifs is 1. The van der Waals surface area contributed by atoms with Crippen LogP contribution >= 0.6 is 0 Å². The largest absolute Gasteiger partial charge is 0.338 e. The molecule has 0 spiro atoms. The molecule has 3 amide bonds. The summed E-state index contributed by atoms with van der Waals surface area (Å²) in [5, 5.41) is 7.55. The highest BCUT2D eigenvalue weighted by atomic mass is 16.2. The molecule has 1 atom stereocenters. The monoisotopic (exact) mass is 499 g/mol. The number of piperidine rings is 1. The van der Waals surface area contributed by atoms with E-state index in [1.807, 2.05) is 73.5 Å². The molecule has 8 nitrogen and oxygen atoms in total. The van der Waals surface area contributed by atoms with Crippen molar-refractivity contribution in [2.45, 2.75) is 39.2 Å². The number of amides is 3. The van der Waals surface area contributed by atoms with Crippen molar-refractivity contribution in [1.29, 1.82) is 0 Å². The molecule has 2 aliphatic heterocycles. The summed E-state index contributed by atoms with van der Waals surface area (Å²) < 4.78 is 1.77. The van der Waals surface area contributed by atoms with Crippen molar-refractivity contribution in [3.8, 4) is 0 Å². The van der Waals surface area contributed by atoms with Crippen molar-refractivity contribution in [2.75, 3.05) is 25.0 Å². The van der Waals surface area contributed by atoms with E-state index in [9.17, 15) is 14.4 Å². The molecule has 0 unspecified atom stereocenters. The van der Waals surface area contributed by atoms with E-state index in [2.05, 4.69) is 10.4 Å². The van der Waals surface area contributed by atoms with Gasteiger partial charge in [-0.3, -0.25) is 19.1 Å². The van der Waals surface area contributed by atoms with Crippen LogP contribution in [-0.4, -0.2) is 56.9 Å². The third kappa shape index (κ3) is 5.43. The van der Waals surface area contributed by atoms with Gasteiger partial charge < -0.3 is 15.1 Å². The van der Waals surface area contributed by atoms with Gasteiger partial charge in [-0.1, -0.05) is 48.0 Å². The zero-order chi connectivity index (χ0) is 25.9. The highest BCUT2D eigenvalue weighted by Crippen LogP contribution is 2.26. The summed E-state index contributed by atoms with van der Waals surface area (Å²) in [6.07, 6.45) is 2.50. The third-order valence-corrected chi connectivity index (χ3v) is 7.36. The Kier molecular flexibility index (Phi) is 7.08. The van der Waals surface area contributed by atoms with E-state index in [4.69, 9.17) is 0 Å². The Bertz CT molecular complexity index is 1320. The van der Waals surface area contributed by atoms with Gasteiger partial charge in [-0.2, -0.15) is 5.10 Å². The number of hydrogen-bond donors (Lipinski definition) is 1.